The molecule has 0 N–H and O–H groups in total. The highest BCUT2D eigenvalue weighted by molar-refractivity contribution is 4.78. The third-order valence-electron chi connectivity index (χ3n) is 5.76. The van der Waals surface area contributed by atoms with Gasteiger partial charge in [-0.05, 0) is 50.9 Å². The van der Waals surface area contributed by atoms with Crippen molar-refractivity contribution in [3.05, 3.63) is 0 Å². The zero-order valence-corrected chi connectivity index (χ0v) is 14.1. The van der Waals surface area contributed by atoms with Crippen molar-refractivity contribution >= 4 is 0 Å². The molecule has 0 aromatic heterocycles. The zero-order valence-electron chi connectivity index (χ0n) is 14.1. The van der Waals surface area contributed by atoms with E-state index in [2.05, 4.69) is 18.7 Å². The van der Waals surface area contributed by atoms with Crippen LogP contribution in [0.2, 0.25) is 0 Å². The maximum Gasteiger partial charge on any atom is 0.00670 e. The van der Waals surface area contributed by atoms with Crippen LogP contribution in [-0.2, 0) is 0 Å². The van der Waals surface area contributed by atoms with Gasteiger partial charge in [0.1, 0.15) is 0 Å². The number of nitrogens with zero attached hydrogens (tertiary/aromatic N) is 1. The Morgan fingerprint density at radius 1 is 0.800 bits per heavy atom. The molecule has 2 aliphatic carbocycles. The van der Waals surface area contributed by atoms with Gasteiger partial charge < -0.3 is 4.90 Å². The van der Waals surface area contributed by atoms with Gasteiger partial charge in [-0.3, -0.25) is 0 Å². The average molecular weight is 280 g/mol. The van der Waals surface area contributed by atoms with Gasteiger partial charge in [-0.2, -0.15) is 0 Å². The van der Waals surface area contributed by atoms with Crippen molar-refractivity contribution in [1.29, 1.82) is 0 Å². The largest absolute Gasteiger partial charge is 0.300 e. The van der Waals surface area contributed by atoms with Crippen molar-refractivity contribution in [3.8, 4) is 0 Å². The SMILES string of the molecule is CCC[C@@H](C)N(CC1CCCCC1)CC1CCCCC1. The van der Waals surface area contributed by atoms with Crippen LogP contribution in [0.25, 0.3) is 0 Å². The molecule has 2 fully saturated rings. The van der Waals surface area contributed by atoms with Gasteiger partial charge in [-0.25, -0.2) is 0 Å². The van der Waals surface area contributed by atoms with Crippen LogP contribution < -0.4 is 0 Å². The topological polar surface area (TPSA) is 3.24 Å². The zero-order chi connectivity index (χ0) is 14.2. The summed E-state index contributed by atoms with van der Waals surface area (Å²) in [6.07, 6.45) is 17.7. The first kappa shape index (κ1) is 16.3. The van der Waals surface area contributed by atoms with Gasteiger partial charge in [0.05, 0.1) is 0 Å². The molecule has 2 saturated carbocycles. The lowest BCUT2D eigenvalue weighted by atomic mass is 9.86. The molecule has 0 spiro atoms. The lowest BCUT2D eigenvalue weighted by Gasteiger charge is -2.37. The molecule has 0 bridgehead atoms. The molecule has 0 unspecified atom stereocenters. The molecule has 2 aliphatic rings. The molecule has 1 nitrogen and oxygen atoms in total. The van der Waals surface area contributed by atoms with Crippen molar-refractivity contribution in [2.75, 3.05) is 13.1 Å². The van der Waals surface area contributed by atoms with E-state index in [0.717, 1.165) is 17.9 Å². The molecule has 1 atom stereocenters. The van der Waals surface area contributed by atoms with E-state index in [1.54, 1.807) is 0 Å². The Balaban J connectivity index is 1.84. The number of hydrogen-bond donors (Lipinski definition) is 0. The average Bonchev–Trinajstić information content (AvgIpc) is 2.49. The van der Waals surface area contributed by atoms with Gasteiger partial charge in [0, 0.05) is 19.1 Å². The molecule has 118 valence electrons. The lowest BCUT2D eigenvalue weighted by molar-refractivity contribution is 0.117. The standard InChI is InChI=1S/C19H37N/c1-3-10-17(2)20(15-18-11-6-4-7-12-18)16-19-13-8-5-9-14-19/h17-19H,3-16H2,1-2H3/t17-/m1/s1. The summed E-state index contributed by atoms with van der Waals surface area (Å²) in [6.45, 7) is 7.63. The van der Waals surface area contributed by atoms with Crippen LogP contribution in [0.5, 0.6) is 0 Å². The fourth-order valence-electron chi connectivity index (χ4n) is 4.44. The van der Waals surface area contributed by atoms with Crippen LogP contribution in [0, 0.1) is 11.8 Å². The quantitative estimate of drug-likeness (QED) is 0.583. The van der Waals surface area contributed by atoms with E-state index in [1.165, 1.54) is 90.1 Å². The predicted octanol–water partition coefficient (Wildman–Crippen LogP) is 5.64. The van der Waals surface area contributed by atoms with Gasteiger partial charge in [-0.1, -0.05) is 51.9 Å². The molecule has 0 aliphatic heterocycles. The molecule has 0 saturated heterocycles. The Kier molecular flexibility index (Phi) is 7.41. The highest BCUT2D eigenvalue weighted by Gasteiger charge is 2.24. The summed E-state index contributed by atoms with van der Waals surface area (Å²) in [4.78, 5) is 2.88. The monoisotopic (exact) mass is 279 g/mol. The van der Waals surface area contributed by atoms with Crippen LogP contribution in [0.1, 0.15) is 90.9 Å². The Morgan fingerprint density at radius 3 is 1.65 bits per heavy atom. The van der Waals surface area contributed by atoms with E-state index < -0.39 is 0 Å². The minimum atomic E-state index is 0.809. The highest BCUT2D eigenvalue weighted by atomic mass is 15.2. The van der Waals surface area contributed by atoms with Crippen molar-refractivity contribution in [3.63, 3.8) is 0 Å². The van der Waals surface area contributed by atoms with Crippen LogP contribution in [-0.4, -0.2) is 24.0 Å². The molecule has 0 radical (unpaired) electrons. The maximum atomic E-state index is 2.88. The summed E-state index contributed by atoms with van der Waals surface area (Å²) in [7, 11) is 0. The molecular weight excluding hydrogens is 242 g/mol. The lowest BCUT2D eigenvalue weighted by Crippen LogP contribution is -2.41. The third kappa shape index (κ3) is 5.39. The van der Waals surface area contributed by atoms with Gasteiger partial charge >= 0.3 is 0 Å². The minimum absolute atomic E-state index is 0.809. The van der Waals surface area contributed by atoms with Gasteiger partial charge in [-0.15, -0.1) is 0 Å². The van der Waals surface area contributed by atoms with E-state index >= 15 is 0 Å². The van der Waals surface area contributed by atoms with E-state index in [9.17, 15) is 0 Å². The van der Waals surface area contributed by atoms with Gasteiger partial charge in [0.2, 0.25) is 0 Å². The molecule has 0 amide bonds. The first-order chi connectivity index (χ1) is 9.79. The summed E-state index contributed by atoms with van der Waals surface area (Å²) in [5, 5.41) is 0. The van der Waals surface area contributed by atoms with Crippen LogP contribution in [0.15, 0.2) is 0 Å². The van der Waals surface area contributed by atoms with E-state index in [1.807, 2.05) is 0 Å². The second-order valence-electron chi connectivity index (χ2n) is 7.60. The van der Waals surface area contributed by atoms with E-state index in [-0.39, 0.29) is 0 Å². The fourth-order valence-corrected chi connectivity index (χ4v) is 4.44. The number of rotatable bonds is 7. The van der Waals surface area contributed by atoms with Crippen LogP contribution >= 0.6 is 0 Å². The second kappa shape index (κ2) is 9.07. The van der Waals surface area contributed by atoms with E-state index in [0.29, 0.717) is 0 Å². The van der Waals surface area contributed by atoms with Gasteiger partial charge in [0.25, 0.3) is 0 Å². The Bertz CT molecular complexity index is 218. The molecule has 0 aromatic rings. The van der Waals surface area contributed by atoms with Crippen molar-refractivity contribution < 1.29 is 0 Å². The van der Waals surface area contributed by atoms with E-state index in [4.69, 9.17) is 0 Å². The smallest absolute Gasteiger partial charge is 0.00670 e. The molecule has 2 rings (SSSR count). The summed E-state index contributed by atoms with van der Waals surface area (Å²) in [5.74, 6) is 2.01. The first-order valence-electron chi connectivity index (χ1n) is 9.53. The van der Waals surface area contributed by atoms with Crippen LogP contribution in [0.4, 0.5) is 0 Å². The predicted molar refractivity (Wildman–Crippen MR) is 89.1 cm³/mol. The van der Waals surface area contributed by atoms with Crippen molar-refractivity contribution in [1.82, 2.24) is 4.90 Å². The van der Waals surface area contributed by atoms with Crippen LogP contribution in [0.3, 0.4) is 0 Å². The van der Waals surface area contributed by atoms with Crippen molar-refractivity contribution in [2.45, 2.75) is 96.9 Å². The second-order valence-corrected chi connectivity index (χ2v) is 7.60. The minimum Gasteiger partial charge on any atom is -0.300 e. The molecule has 0 aromatic carbocycles. The molecule has 1 heteroatoms. The summed E-state index contributed by atoms with van der Waals surface area (Å²) in [5.41, 5.74) is 0. The molecular formula is C19H37N. The summed E-state index contributed by atoms with van der Waals surface area (Å²) in [6, 6.07) is 0.809. The van der Waals surface area contributed by atoms with Crippen molar-refractivity contribution in [2.24, 2.45) is 11.8 Å². The Hall–Kier alpha value is -0.0400. The maximum absolute atomic E-state index is 2.88. The Morgan fingerprint density at radius 2 is 1.25 bits per heavy atom. The summed E-state index contributed by atoms with van der Waals surface area (Å²) >= 11 is 0. The number of hydrogen-bond acceptors (Lipinski definition) is 1. The molecule has 0 heterocycles. The fraction of sp³-hybridized carbons (Fsp3) is 1.00. The Labute approximate surface area is 127 Å². The van der Waals surface area contributed by atoms with Gasteiger partial charge in [0.15, 0.2) is 0 Å². The first-order valence-corrected chi connectivity index (χ1v) is 9.53. The highest BCUT2D eigenvalue weighted by Crippen LogP contribution is 2.29. The third-order valence-corrected chi connectivity index (χ3v) is 5.76. The molecule has 20 heavy (non-hydrogen) atoms. The normalized spacial score (nSPS) is 24.1. The summed E-state index contributed by atoms with van der Waals surface area (Å²) < 4.78 is 0.